The molecular formula is C19H25BrN2O2S. The first-order valence-electron chi connectivity index (χ1n) is 8.67. The van der Waals surface area contributed by atoms with Gasteiger partial charge >= 0.3 is 6.09 Å². The van der Waals surface area contributed by atoms with Crippen molar-refractivity contribution in [2.24, 2.45) is 5.41 Å². The largest absolute Gasteiger partial charge is 0.444 e. The minimum Gasteiger partial charge on any atom is -0.444 e. The summed E-state index contributed by atoms with van der Waals surface area (Å²) < 4.78 is 7.78. The van der Waals surface area contributed by atoms with Crippen molar-refractivity contribution in [1.29, 1.82) is 0 Å². The molecule has 3 rings (SSSR count). The highest BCUT2D eigenvalue weighted by Crippen LogP contribution is 2.37. The van der Waals surface area contributed by atoms with Crippen LogP contribution in [-0.4, -0.2) is 34.7 Å². The van der Waals surface area contributed by atoms with Gasteiger partial charge in [-0.1, -0.05) is 22.9 Å². The number of rotatable bonds is 2. The summed E-state index contributed by atoms with van der Waals surface area (Å²) in [5.74, 6) is 0. The Morgan fingerprint density at radius 3 is 2.68 bits per heavy atom. The molecule has 0 spiro atoms. The summed E-state index contributed by atoms with van der Waals surface area (Å²) in [6.45, 7) is 9.53. The summed E-state index contributed by atoms with van der Waals surface area (Å²) in [5.41, 5.74) is 0.806. The molecule has 0 saturated carbocycles. The van der Waals surface area contributed by atoms with Crippen LogP contribution in [0.3, 0.4) is 0 Å². The number of hydrogen-bond acceptors (Lipinski definition) is 4. The minimum absolute atomic E-state index is 0.184. The van der Waals surface area contributed by atoms with E-state index in [1.54, 1.807) is 11.3 Å². The molecule has 6 heteroatoms. The molecule has 136 valence electrons. The minimum atomic E-state index is -0.437. The van der Waals surface area contributed by atoms with Crippen LogP contribution < -0.4 is 0 Å². The van der Waals surface area contributed by atoms with Gasteiger partial charge in [-0.25, -0.2) is 9.78 Å². The molecule has 0 radical (unpaired) electrons. The van der Waals surface area contributed by atoms with Gasteiger partial charge in [0.1, 0.15) is 5.60 Å². The standard InChI is InChI=1S/C19H25BrN2O2S/c1-18(2,3)24-17(23)22-9-7-19(4,8-10-22)12-16-21-14-11-13(20)5-6-15(14)25-16/h5-6,11H,7-10,12H2,1-4H3. The van der Waals surface area contributed by atoms with Gasteiger partial charge < -0.3 is 9.64 Å². The molecule has 1 aromatic heterocycles. The van der Waals surface area contributed by atoms with Crippen molar-refractivity contribution in [1.82, 2.24) is 9.88 Å². The molecule has 4 nitrogen and oxygen atoms in total. The molecule has 1 saturated heterocycles. The van der Waals surface area contributed by atoms with E-state index in [0.29, 0.717) is 0 Å². The SMILES string of the molecule is CC1(Cc2nc3cc(Br)ccc3s2)CCN(C(=O)OC(C)(C)C)CC1. The van der Waals surface area contributed by atoms with Crippen molar-refractivity contribution in [2.75, 3.05) is 13.1 Å². The summed E-state index contributed by atoms with van der Waals surface area (Å²) in [6, 6.07) is 6.25. The zero-order valence-corrected chi connectivity index (χ0v) is 17.7. The van der Waals surface area contributed by atoms with Gasteiger partial charge in [0.05, 0.1) is 15.2 Å². The van der Waals surface area contributed by atoms with Crippen molar-refractivity contribution in [2.45, 2.75) is 52.6 Å². The maximum Gasteiger partial charge on any atom is 0.410 e. The first-order valence-corrected chi connectivity index (χ1v) is 10.3. The first-order chi connectivity index (χ1) is 11.6. The van der Waals surface area contributed by atoms with E-state index in [4.69, 9.17) is 9.72 Å². The zero-order valence-electron chi connectivity index (χ0n) is 15.3. The Labute approximate surface area is 161 Å². The number of benzene rings is 1. The molecule has 1 fully saturated rings. The number of carbonyl (C=O) groups is 1. The van der Waals surface area contributed by atoms with E-state index >= 15 is 0 Å². The number of hydrogen-bond donors (Lipinski definition) is 0. The van der Waals surface area contributed by atoms with Gasteiger partial charge in [-0.2, -0.15) is 0 Å². The quantitative estimate of drug-likeness (QED) is 0.626. The van der Waals surface area contributed by atoms with E-state index < -0.39 is 5.60 Å². The number of nitrogens with zero attached hydrogens (tertiary/aromatic N) is 2. The number of fused-ring (bicyclic) bond motifs is 1. The summed E-state index contributed by atoms with van der Waals surface area (Å²) in [6.07, 6.45) is 2.73. The van der Waals surface area contributed by atoms with Crippen LogP contribution in [-0.2, 0) is 11.2 Å². The molecule has 1 aliphatic heterocycles. The third kappa shape index (κ3) is 4.73. The number of likely N-dealkylation sites (tertiary alicyclic amines) is 1. The molecule has 1 aromatic carbocycles. The van der Waals surface area contributed by atoms with Crippen LogP contribution in [0.1, 0.15) is 45.5 Å². The fourth-order valence-electron chi connectivity index (χ4n) is 3.12. The Kier molecular flexibility index (Phi) is 5.13. The lowest BCUT2D eigenvalue weighted by molar-refractivity contribution is 0.0120. The number of thiazole rings is 1. The molecular weight excluding hydrogens is 400 g/mol. The average molecular weight is 425 g/mol. The molecule has 2 heterocycles. The van der Waals surface area contributed by atoms with Crippen LogP contribution in [0.5, 0.6) is 0 Å². The van der Waals surface area contributed by atoms with Crippen molar-refractivity contribution in [3.8, 4) is 0 Å². The van der Waals surface area contributed by atoms with E-state index in [9.17, 15) is 4.79 Å². The number of amides is 1. The predicted octanol–water partition coefficient (Wildman–Crippen LogP) is 5.64. The van der Waals surface area contributed by atoms with E-state index in [2.05, 4.69) is 41.1 Å². The molecule has 1 aliphatic rings. The van der Waals surface area contributed by atoms with Crippen LogP contribution in [0.2, 0.25) is 0 Å². The van der Waals surface area contributed by atoms with Crippen LogP contribution in [0, 0.1) is 5.41 Å². The number of halogens is 1. The van der Waals surface area contributed by atoms with Gasteiger partial charge in [-0.3, -0.25) is 0 Å². The van der Waals surface area contributed by atoms with Gasteiger partial charge in [0, 0.05) is 24.0 Å². The van der Waals surface area contributed by atoms with Crippen molar-refractivity contribution < 1.29 is 9.53 Å². The van der Waals surface area contributed by atoms with Gasteiger partial charge in [0.15, 0.2) is 0 Å². The molecule has 0 unspecified atom stereocenters. The summed E-state index contributed by atoms with van der Waals surface area (Å²) in [4.78, 5) is 18.9. The van der Waals surface area contributed by atoms with Crippen LogP contribution >= 0.6 is 27.3 Å². The second kappa shape index (κ2) is 6.88. The van der Waals surface area contributed by atoms with Gasteiger partial charge in [-0.05, 0) is 57.2 Å². The number of aromatic nitrogens is 1. The van der Waals surface area contributed by atoms with E-state index in [1.807, 2.05) is 25.7 Å². The van der Waals surface area contributed by atoms with E-state index in [-0.39, 0.29) is 11.5 Å². The molecule has 1 amide bonds. The van der Waals surface area contributed by atoms with E-state index in [1.165, 1.54) is 9.71 Å². The third-order valence-electron chi connectivity index (χ3n) is 4.59. The van der Waals surface area contributed by atoms with Gasteiger partial charge in [0.25, 0.3) is 0 Å². The third-order valence-corrected chi connectivity index (χ3v) is 6.12. The lowest BCUT2D eigenvalue weighted by atomic mass is 9.78. The topological polar surface area (TPSA) is 42.4 Å². The summed E-state index contributed by atoms with van der Waals surface area (Å²) >= 11 is 5.28. The molecule has 0 aliphatic carbocycles. The lowest BCUT2D eigenvalue weighted by Gasteiger charge is -2.39. The Morgan fingerprint density at radius 1 is 1.36 bits per heavy atom. The fourth-order valence-corrected chi connectivity index (χ4v) is 4.63. The summed E-state index contributed by atoms with van der Waals surface area (Å²) in [7, 11) is 0. The van der Waals surface area contributed by atoms with Crippen LogP contribution in [0.25, 0.3) is 10.2 Å². The molecule has 2 aromatic rings. The van der Waals surface area contributed by atoms with Crippen molar-refractivity contribution in [3.63, 3.8) is 0 Å². The lowest BCUT2D eigenvalue weighted by Crippen LogP contribution is -2.45. The van der Waals surface area contributed by atoms with Crippen LogP contribution in [0.4, 0.5) is 4.79 Å². The normalized spacial score (nSPS) is 17.7. The maximum absolute atomic E-state index is 12.2. The highest BCUT2D eigenvalue weighted by Gasteiger charge is 2.34. The Bertz CT molecular complexity index is 773. The van der Waals surface area contributed by atoms with Gasteiger partial charge in [-0.15, -0.1) is 11.3 Å². The molecule has 0 N–H and O–H groups in total. The second-order valence-electron chi connectivity index (χ2n) is 8.17. The number of piperidine rings is 1. The molecule has 0 atom stereocenters. The molecule has 25 heavy (non-hydrogen) atoms. The van der Waals surface area contributed by atoms with Crippen molar-refractivity contribution in [3.05, 3.63) is 27.7 Å². The second-order valence-corrected chi connectivity index (χ2v) is 10.2. The molecule has 0 bridgehead atoms. The number of ether oxygens (including phenoxy) is 1. The van der Waals surface area contributed by atoms with Crippen LogP contribution in [0.15, 0.2) is 22.7 Å². The maximum atomic E-state index is 12.2. The number of carbonyl (C=O) groups excluding carboxylic acids is 1. The first kappa shape index (κ1) is 18.6. The smallest absolute Gasteiger partial charge is 0.410 e. The fraction of sp³-hybridized carbons (Fsp3) is 0.579. The monoisotopic (exact) mass is 424 g/mol. The average Bonchev–Trinajstić information content (AvgIpc) is 2.86. The Hall–Kier alpha value is -1.14. The van der Waals surface area contributed by atoms with Crippen molar-refractivity contribution >= 4 is 43.6 Å². The van der Waals surface area contributed by atoms with E-state index in [0.717, 1.165) is 42.3 Å². The highest BCUT2D eigenvalue weighted by atomic mass is 79.9. The highest BCUT2D eigenvalue weighted by molar-refractivity contribution is 9.10. The zero-order chi connectivity index (χ0) is 18.2. The Morgan fingerprint density at radius 2 is 2.04 bits per heavy atom. The summed E-state index contributed by atoms with van der Waals surface area (Å²) in [5, 5.41) is 1.18. The predicted molar refractivity (Wildman–Crippen MR) is 106 cm³/mol. The van der Waals surface area contributed by atoms with Gasteiger partial charge in [0.2, 0.25) is 0 Å². The Balaban J connectivity index is 1.63.